The van der Waals surface area contributed by atoms with Crippen LogP contribution in [0.3, 0.4) is 0 Å². The number of anilines is 1. The number of nitrogens with one attached hydrogen (secondary N) is 1. The van der Waals surface area contributed by atoms with Crippen molar-refractivity contribution in [3.63, 3.8) is 0 Å². The minimum absolute atomic E-state index is 0.285. The van der Waals surface area contributed by atoms with Gasteiger partial charge in [0.15, 0.2) is 0 Å². The van der Waals surface area contributed by atoms with Crippen LogP contribution in [0.1, 0.15) is 13.3 Å². The Morgan fingerprint density at radius 2 is 2.07 bits per heavy atom. The van der Waals surface area contributed by atoms with E-state index in [2.05, 4.69) is 9.97 Å². The van der Waals surface area contributed by atoms with E-state index in [-0.39, 0.29) is 5.95 Å². The first kappa shape index (κ1) is 10.5. The molecule has 0 atom stereocenters. The molecule has 14 heavy (non-hydrogen) atoms. The summed E-state index contributed by atoms with van der Waals surface area (Å²) in [6, 6.07) is 0. The fraction of sp³-hybridized carbons (Fsp3) is 0.625. The zero-order chi connectivity index (χ0) is 10.7. The van der Waals surface area contributed by atoms with E-state index in [1.54, 1.807) is 19.0 Å². The molecule has 0 saturated carbocycles. The molecule has 0 spiro atoms. The molecule has 0 aliphatic rings. The Bertz CT molecular complexity index is 387. The van der Waals surface area contributed by atoms with Gasteiger partial charge in [-0.2, -0.15) is 4.98 Å². The Balaban J connectivity index is 3.26. The van der Waals surface area contributed by atoms with Crippen molar-refractivity contribution in [2.24, 2.45) is 0 Å². The van der Waals surface area contributed by atoms with Crippen LogP contribution < -0.4 is 16.3 Å². The second-order valence-electron chi connectivity index (χ2n) is 3.19. The quantitative estimate of drug-likeness (QED) is 0.704. The second kappa shape index (κ2) is 4.08. The standard InChI is InChI=1S/C8H14N4O2/c1-4-5-12-7(13)9-6(11(2)3)10-8(12)14/h4-5H2,1-3H3,(H,9,10,13,14). The van der Waals surface area contributed by atoms with Crippen LogP contribution in [0.5, 0.6) is 0 Å². The fourth-order valence-corrected chi connectivity index (χ4v) is 1.06. The largest absolute Gasteiger partial charge is 0.354 e. The van der Waals surface area contributed by atoms with Gasteiger partial charge in [-0.1, -0.05) is 6.92 Å². The third-order valence-electron chi connectivity index (χ3n) is 1.77. The summed E-state index contributed by atoms with van der Waals surface area (Å²) in [7, 11) is 3.42. The molecular weight excluding hydrogens is 184 g/mol. The number of nitrogens with zero attached hydrogens (tertiary/aromatic N) is 3. The van der Waals surface area contributed by atoms with E-state index in [1.807, 2.05) is 6.92 Å². The van der Waals surface area contributed by atoms with Gasteiger partial charge >= 0.3 is 11.4 Å². The van der Waals surface area contributed by atoms with Gasteiger partial charge in [0.1, 0.15) is 0 Å². The van der Waals surface area contributed by atoms with E-state index in [4.69, 9.17) is 0 Å². The molecule has 0 unspecified atom stereocenters. The summed E-state index contributed by atoms with van der Waals surface area (Å²) in [4.78, 5) is 30.6. The van der Waals surface area contributed by atoms with Crippen LogP contribution in [-0.2, 0) is 6.54 Å². The summed E-state index contributed by atoms with van der Waals surface area (Å²) in [5, 5.41) is 0. The summed E-state index contributed by atoms with van der Waals surface area (Å²) < 4.78 is 1.09. The number of hydrogen-bond donors (Lipinski definition) is 1. The van der Waals surface area contributed by atoms with Crippen molar-refractivity contribution in [1.29, 1.82) is 0 Å². The fourth-order valence-electron chi connectivity index (χ4n) is 1.06. The van der Waals surface area contributed by atoms with Crippen LogP contribution in [0, 0.1) is 0 Å². The van der Waals surface area contributed by atoms with E-state index in [0.29, 0.717) is 6.54 Å². The molecule has 6 nitrogen and oxygen atoms in total. The van der Waals surface area contributed by atoms with E-state index >= 15 is 0 Å². The maximum atomic E-state index is 11.4. The predicted octanol–water partition coefficient (Wildman–Crippen LogP) is -0.592. The van der Waals surface area contributed by atoms with Crippen LogP contribution in [0.25, 0.3) is 0 Å². The Kier molecular flexibility index (Phi) is 3.06. The van der Waals surface area contributed by atoms with Crippen LogP contribution >= 0.6 is 0 Å². The smallest absolute Gasteiger partial charge is 0.348 e. The lowest BCUT2D eigenvalue weighted by Crippen LogP contribution is -2.38. The lowest BCUT2D eigenvalue weighted by atomic mass is 10.5. The van der Waals surface area contributed by atoms with Gasteiger partial charge in [-0.05, 0) is 6.42 Å². The number of aromatic amines is 1. The normalized spacial score (nSPS) is 10.2. The molecule has 1 heterocycles. The molecule has 0 radical (unpaired) electrons. The van der Waals surface area contributed by atoms with Gasteiger partial charge in [0.25, 0.3) is 0 Å². The van der Waals surface area contributed by atoms with Gasteiger partial charge in [-0.15, -0.1) is 0 Å². The third-order valence-corrected chi connectivity index (χ3v) is 1.77. The van der Waals surface area contributed by atoms with E-state index in [0.717, 1.165) is 11.0 Å². The Morgan fingerprint density at radius 3 is 2.50 bits per heavy atom. The molecule has 1 N–H and O–H groups in total. The van der Waals surface area contributed by atoms with Gasteiger partial charge < -0.3 is 4.90 Å². The molecule has 0 aliphatic heterocycles. The molecule has 1 aromatic rings. The summed E-state index contributed by atoms with van der Waals surface area (Å²) in [5.41, 5.74) is -0.908. The number of aromatic nitrogens is 3. The summed E-state index contributed by atoms with van der Waals surface area (Å²) in [5.74, 6) is 0.285. The SMILES string of the molecule is CCCn1c(=O)nc(N(C)C)[nH]c1=O. The van der Waals surface area contributed by atoms with Crippen LogP contribution in [0.4, 0.5) is 5.95 Å². The highest BCUT2D eigenvalue weighted by atomic mass is 16.2. The minimum Gasteiger partial charge on any atom is -0.348 e. The summed E-state index contributed by atoms with van der Waals surface area (Å²) >= 11 is 0. The monoisotopic (exact) mass is 198 g/mol. The predicted molar refractivity (Wildman–Crippen MR) is 53.7 cm³/mol. The minimum atomic E-state index is -0.501. The van der Waals surface area contributed by atoms with Crippen molar-refractivity contribution in [2.75, 3.05) is 19.0 Å². The van der Waals surface area contributed by atoms with Gasteiger partial charge in [-0.3, -0.25) is 4.98 Å². The first-order chi connectivity index (χ1) is 6.56. The molecule has 0 amide bonds. The van der Waals surface area contributed by atoms with Gasteiger partial charge in [0.2, 0.25) is 5.95 Å². The third kappa shape index (κ3) is 2.01. The molecule has 0 fully saturated rings. The summed E-state index contributed by atoms with van der Waals surface area (Å²) in [6.07, 6.45) is 0.728. The van der Waals surface area contributed by atoms with E-state index in [9.17, 15) is 9.59 Å². The number of hydrogen-bond acceptors (Lipinski definition) is 4. The average molecular weight is 198 g/mol. The van der Waals surface area contributed by atoms with Gasteiger partial charge in [0, 0.05) is 20.6 Å². The van der Waals surface area contributed by atoms with Crippen molar-refractivity contribution in [2.45, 2.75) is 19.9 Å². The summed E-state index contributed by atoms with van der Waals surface area (Å²) in [6.45, 7) is 2.29. The van der Waals surface area contributed by atoms with Crippen molar-refractivity contribution in [3.8, 4) is 0 Å². The maximum absolute atomic E-state index is 11.4. The van der Waals surface area contributed by atoms with Crippen LogP contribution in [0.2, 0.25) is 0 Å². The number of rotatable bonds is 3. The molecule has 0 saturated heterocycles. The first-order valence-electron chi connectivity index (χ1n) is 4.44. The highest BCUT2D eigenvalue weighted by molar-refractivity contribution is 5.23. The maximum Gasteiger partial charge on any atom is 0.354 e. The highest BCUT2D eigenvalue weighted by Gasteiger charge is 2.05. The Hall–Kier alpha value is -1.59. The molecule has 1 aromatic heterocycles. The Morgan fingerprint density at radius 1 is 1.43 bits per heavy atom. The van der Waals surface area contributed by atoms with Crippen molar-refractivity contribution in [1.82, 2.24) is 14.5 Å². The molecule has 0 aliphatic carbocycles. The lowest BCUT2D eigenvalue weighted by Gasteiger charge is -2.10. The topological polar surface area (TPSA) is 71.0 Å². The molecule has 1 rings (SSSR count). The number of H-pyrrole nitrogens is 1. The average Bonchev–Trinajstić information content (AvgIpc) is 2.10. The van der Waals surface area contributed by atoms with Crippen molar-refractivity contribution >= 4 is 5.95 Å². The van der Waals surface area contributed by atoms with Gasteiger partial charge in [0.05, 0.1) is 0 Å². The van der Waals surface area contributed by atoms with Crippen LogP contribution in [0.15, 0.2) is 9.59 Å². The zero-order valence-electron chi connectivity index (χ0n) is 8.57. The first-order valence-corrected chi connectivity index (χ1v) is 4.44. The lowest BCUT2D eigenvalue weighted by molar-refractivity contribution is 0.592. The molecule has 78 valence electrons. The van der Waals surface area contributed by atoms with E-state index < -0.39 is 11.4 Å². The molecular formula is C8H14N4O2. The van der Waals surface area contributed by atoms with Crippen LogP contribution in [-0.4, -0.2) is 28.6 Å². The zero-order valence-corrected chi connectivity index (χ0v) is 8.57. The molecule has 6 heteroatoms. The van der Waals surface area contributed by atoms with E-state index in [1.165, 1.54) is 0 Å². The molecule has 0 bridgehead atoms. The molecule has 0 aromatic carbocycles. The van der Waals surface area contributed by atoms with Crippen molar-refractivity contribution in [3.05, 3.63) is 21.0 Å². The van der Waals surface area contributed by atoms with Gasteiger partial charge in [-0.25, -0.2) is 14.2 Å². The van der Waals surface area contributed by atoms with Crippen molar-refractivity contribution < 1.29 is 0 Å². The second-order valence-corrected chi connectivity index (χ2v) is 3.19. The highest BCUT2D eigenvalue weighted by Crippen LogP contribution is 1.92. The Labute approximate surface area is 81.2 Å².